The van der Waals surface area contributed by atoms with E-state index in [1.54, 1.807) is 22.7 Å². The maximum Gasteiger partial charge on any atom is 0.287 e. The molecule has 0 aliphatic heterocycles. The van der Waals surface area contributed by atoms with E-state index in [1.807, 2.05) is 24.4 Å². The fourth-order valence-corrected chi connectivity index (χ4v) is 4.16. The van der Waals surface area contributed by atoms with Crippen LogP contribution in [0.2, 0.25) is 0 Å². The van der Waals surface area contributed by atoms with Gasteiger partial charge in [-0.1, -0.05) is 0 Å². The van der Waals surface area contributed by atoms with Gasteiger partial charge in [0.1, 0.15) is 11.9 Å². The van der Waals surface area contributed by atoms with E-state index in [0.717, 1.165) is 25.3 Å². The number of nitrogens with zero attached hydrogens (tertiary/aromatic N) is 3. The highest BCUT2D eigenvalue weighted by molar-refractivity contribution is 7.21. The van der Waals surface area contributed by atoms with E-state index in [-0.39, 0.29) is 5.69 Å². The van der Waals surface area contributed by atoms with Crippen LogP contribution < -0.4 is 4.74 Å². The van der Waals surface area contributed by atoms with Crippen molar-refractivity contribution < 1.29 is 9.66 Å². The number of hydrogen-bond acceptors (Lipinski definition) is 7. The largest absolute Gasteiger partial charge is 0.438 e. The van der Waals surface area contributed by atoms with Gasteiger partial charge in [0, 0.05) is 23.6 Å². The quantitative estimate of drug-likeness (QED) is 0.390. The van der Waals surface area contributed by atoms with E-state index >= 15 is 0 Å². The lowest BCUT2D eigenvalue weighted by Crippen LogP contribution is -1.91. The first-order chi connectivity index (χ1) is 11.1. The molecule has 3 heterocycles. The highest BCUT2D eigenvalue weighted by atomic mass is 32.1. The van der Waals surface area contributed by atoms with Crippen molar-refractivity contribution in [1.82, 2.24) is 9.97 Å². The molecular weight excluding hydrogens is 334 g/mol. The van der Waals surface area contributed by atoms with Crippen molar-refractivity contribution in [3.8, 4) is 11.6 Å². The summed E-state index contributed by atoms with van der Waals surface area (Å²) < 4.78 is 7.98. The van der Waals surface area contributed by atoms with Crippen molar-refractivity contribution in [1.29, 1.82) is 0 Å². The van der Waals surface area contributed by atoms with E-state index < -0.39 is 4.92 Å². The van der Waals surface area contributed by atoms with E-state index in [9.17, 15) is 10.1 Å². The second-order valence-corrected chi connectivity index (χ2v) is 6.98. The van der Waals surface area contributed by atoms with Crippen molar-refractivity contribution in [2.45, 2.75) is 6.92 Å². The van der Waals surface area contributed by atoms with Crippen molar-refractivity contribution in [3.05, 3.63) is 51.0 Å². The van der Waals surface area contributed by atoms with Crippen LogP contribution in [0, 0.1) is 17.0 Å². The van der Waals surface area contributed by atoms with E-state index in [4.69, 9.17) is 4.74 Å². The number of hydrogen-bond donors (Lipinski definition) is 0. The summed E-state index contributed by atoms with van der Waals surface area (Å²) in [5, 5.41) is 14.6. The van der Waals surface area contributed by atoms with Gasteiger partial charge < -0.3 is 4.74 Å². The Labute approximate surface area is 138 Å². The number of rotatable bonds is 3. The zero-order valence-electron chi connectivity index (χ0n) is 11.8. The first kappa shape index (κ1) is 14.0. The summed E-state index contributed by atoms with van der Waals surface area (Å²) in [5.41, 5.74) is 0.924. The molecular formula is C15H9N3O3S2. The number of nitro groups is 1. The average Bonchev–Trinajstić information content (AvgIpc) is 3.13. The maximum atomic E-state index is 10.7. The predicted octanol–water partition coefficient (Wildman–Crippen LogP) is 4.91. The molecule has 4 aromatic rings. The SMILES string of the molecule is Cc1nc2c(cc(Oc3ccc([N+](=O)[O-])cn3)c3ccsc32)s1. The summed E-state index contributed by atoms with van der Waals surface area (Å²) in [4.78, 5) is 18.8. The smallest absolute Gasteiger partial charge is 0.287 e. The maximum absolute atomic E-state index is 10.7. The van der Waals surface area contributed by atoms with Crippen molar-refractivity contribution in [2.75, 3.05) is 0 Å². The minimum Gasteiger partial charge on any atom is -0.438 e. The molecule has 6 nitrogen and oxygen atoms in total. The number of pyridine rings is 1. The van der Waals surface area contributed by atoms with E-state index in [2.05, 4.69) is 9.97 Å². The van der Waals surface area contributed by atoms with Gasteiger partial charge in [-0.2, -0.15) is 0 Å². The fraction of sp³-hybridized carbons (Fsp3) is 0.0667. The second-order valence-electron chi connectivity index (χ2n) is 4.83. The van der Waals surface area contributed by atoms with Crippen LogP contribution in [-0.2, 0) is 0 Å². The lowest BCUT2D eigenvalue weighted by atomic mass is 10.2. The highest BCUT2D eigenvalue weighted by Gasteiger charge is 2.14. The van der Waals surface area contributed by atoms with Gasteiger partial charge in [-0.05, 0) is 18.4 Å². The molecule has 23 heavy (non-hydrogen) atoms. The lowest BCUT2D eigenvalue weighted by molar-refractivity contribution is -0.385. The monoisotopic (exact) mass is 343 g/mol. The molecule has 0 amide bonds. The van der Waals surface area contributed by atoms with Crippen LogP contribution in [-0.4, -0.2) is 14.9 Å². The van der Waals surface area contributed by atoms with Crippen molar-refractivity contribution in [2.24, 2.45) is 0 Å². The van der Waals surface area contributed by atoms with Crippen LogP contribution in [0.25, 0.3) is 20.3 Å². The third-order valence-electron chi connectivity index (χ3n) is 3.31. The molecule has 1 aromatic carbocycles. The Hall–Kier alpha value is -2.58. The van der Waals surface area contributed by atoms with Crippen LogP contribution in [0.1, 0.15) is 5.01 Å². The van der Waals surface area contributed by atoms with E-state index in [1.165, 1.54) is 18.3 Å². The van der Waals surface area contributed by atoms with Gasteiger partial charge in [-0.3, -0.25) is 10.1 Å². The molecule has 0 N–H and O–H groups in total. The topological polar surface area (TPSA) is 78.2 Å². The van der Waals surface area contributed by atoms with Gasteiger partial charge in [0.05, 0.1) is 24.8 Å². The van der Waals surface area contributed by atoms with Gasteiger partial charge in [0.2, 0.25) is 5.88 Å². The summed E-state index contributed by atoms with van der Waals surface area (Å²) in [6.07, 6.45) is 1.19. The Morgan fingerprint density at radius 1 is 1.30 bits per heavy atom. The number of thiophene rings is 1. The number of aryl methyl sites for hydroxylation is 1. The average molecular weight is 343 g/mol. The Morgan fingerprint density at radius 3 is 2.91 bits per heavy atom. The summed E-state index contributed by atoms with van der Waals surface area (Å²) in [6.45, 7) is 1.97. The number of ether oxygens (including phenoxy) is 1. The fourth-order valence-electron chi connectivity index (χ4n) is 2.32. The normalized spacial score (nSPS) is 11.2. The Bertz CT molecular complexity index is 1040. The molecule has 8 heteroatoms. The van der Waals surface area contributed by atoms with Crippen LogP contribution in [0.5, 0.6) is 11.6 Å². The van der Waals surface area contributed by atoms with Gasteiger partial charge in [0.25, 0.3) is 5.69 Å². The van der Waals surface area contributed by atoms with Crippen LogP contribution >= 0.6 is 22.7 Å². The third-order valence-corrected chi connectivity index (χ3v) is 5.15. The zero-order chi connectivity index (χ0) is 16.0. The number of aromatic nitrogens is 2. The predicted molar refractivity (Wildman–Crippen MR) is 90.7 cm³/mol. The minimum atomic E-state index is -0.486. The van der Waals surface area contributed by atoms with Gasteiger partial charge in [-0.25, -0.2) is 9.97 Å². The zero-order valence-corrected chi connectivity index (χ0v) is 13.5. The van der Waals surface area contributed by atoms with E-state index in [0.29, 0.717) is 11.6 Å². The molecule has 0 aliphatic rings. The van der Waals surface area contributed by atoms with Crippen LogP contribution in [0.15, 0.2) is 35.8 Å². The first-order valence-corrected chi connectivity index (χ1v) is 8.37. The molecule has 4 rings (SSSR count). The number of fused-ring (bicyclic) bond motifs is 3. The Morgan fingerprint density at radius 2 is 2.17 bits per heavy atom. The molecule has 3 aromatic heterocycles. The molecule has 0 aliphatic carbocycles. The number of thiazole rings is 1. The second kappa shape index (κ2) is 5.25. The van der Waals surface area contributed by atoms with Crippen molar-refractivity contribution >= 4 is 48.7 Å². The number of benzene rings is 1. The summed E-state index contributed by atoms with van der Waals surface area (Å²) in [6, 6.07) is 6.80. The highest BCUT2D eigenvalue weighted by Crippen LogP contribution is 2.40. The minimum absolute atomic E-state index is 0.0634. The van der Waals surface area contributed by atoms with Crippen LogP contribution in [0.3, 0.4) is 0 Å². The van der Waals surface area contributed by atoms with Gasteiger partial charge in [-0.15, -0.1) is 22.7 Å². The van der Waals surface area contributed by atoms with Crippen molar-refractivity contribution in [3.63, 3.8) is 0 Å². The van der Waals surface area contributed by atoms with Gasteiger partial charge in [0.15, 0.2) is 0 Å². The standard InChI is InChI=1S/C15H9N3O3S2/c1-8-17-14-12(23-8)6-11(10-4-5-22-15(10)14)21-13-3-2-9(7-16-13)18(19)20/h2-7H,1H3. The molecule has 0 spiro atoms. The van der Waals surface area contributed by atoms with Crippen LogP contribution in [0.4, 0.5) is 5.69 Å². The molecule has 114 valence electrons. The third kappa shape index (κ3) is 2.41. The molecule has 0 radical (unpaired) electrons. The Kier molecular flexibility index (Phi) is 3.21. The summed E-state index contributed by atoms with van der Waals surface area (Å²) >= 11 is 3.22. The lowest BCUT2D eigenvalue weighted by Gasteiger charge is -2.06. The first-order valence-electron chi connectivity index (χ1n) is 6.67. The Balaban J connectivity index is 1.80. The van der Waals surface area contributed by atoms with Gasteiger partial charge >= 0.3 is 0 Å². The molecule has 0 fully saturated rings. The summed E-state index contributed by atoms with van der Waals surface area (Å²) in [5.74, 6) is 1.00. The molecule has 0 atom stereocenters. The summed E-state index contributed by atoms with van der Waals surface area (Å²) in [7, 11) is 0. The molecule has 0 bridgehead atoms. The molecule has 0 unspecified atom stereocenters. The molecule has 0 saturated heterocycles. The molecule has 0 saturated carbocycles.